The number of nitrogens with zero attached hydrogens (tertiary/aromatic N) is 2. The van der Waals surface area contributed by atoms with Crippen molar-refractivity contribution in [2.45, 2.75) is 32.0 Å². The number of likely N-dealkylation sites (tertiary alicyclic amines) is 1. The molecule has 4 nitrogen and oxygen atoms in total. The van der Waals surface area contributed by atoms with Gasteiger partial charge in [-0.15, -0.1) is 0 Å². The molecule has 2 aromatic rings. The summed E-state index contributed by atoms with van der Waals surface area (Å²) >= 11 is 6.14. The Morgan fingerprint density at radius 1 is 1.13 bits per heavy atom. The number of anilines is 1. The van der Waals surface area contributed by atoms with Crippen molar-refractivity contribution in [1.29, 1.82) is 0 Å². The zero-order valence-corrected chi connectivity index (χ0v) is 13.8. The van der Waals surface area contributed by atoms with Gasteiger partial charge in [-0.25, -0.2) is 4.98 Å². The molecular weight excluding hydrogens is 310 g/mol. The van der Waals surface area contributed by atoms with E-state index in [1.165, 1.54) is 11.1 Å². The number of aromatic nitrogens is 1. The van der Waals surface area contributed by atoms with E-state index in [2.05, 4.69) is 39.5 Å². The van der Waals surface area contributed by atoms with Crippen LogP contribution in [-0.4, -0.2) is 34.2 Å². The minimum atomic E-state index is -0.130. The molecule has 2 heterocycles. The Labute approximate surface area is 142 Å². The monoisotopic (exact) mass is 331 g/mol. The van der Waals surface area contributed by atoms with Crippen molar-refractivity contribution in [3.05, 3.63) is 58.7 Å². The van der Waals surface area contributed by atoms with Crippen LogP contribution in [0.2, 0.25) is 5.02 Å². The van der Waals surface area contributed by atoms with Crippen LogP contribution in [0.5, 0.6) is 0 Å². The first kappa shape index (κ1) is 16.2. The second-order valence-electron chi connectivity index (χ2n) is 5.96. The molecule has 0 unspecified atom stereocenters. The average molecular weight is 332 g/mol. The maximum Gasteiger partial charge on any atom is 0.145 e. The van der Waals surface area contributed by atoms with Gasteiger partial charge < -0.3 is 10.4 Å². The molecule has 122 valence electrons. The van der Waals surface area contributed by atoms with Crippen LogP contribution < -0.4 is 5.32 Å². The van der Waals surface area contributed by atoms with Crippen LogP contribution in [0.1, 0.15) is 24.0 Å². The van der Waals surface area contributed by atoms with Crippen LogP contribution in [0.15, 0.2) is 42.6 Å². The molecule has 0 aliphatic carbocycles. The van der Waals surface area contributed by atoms with Crippen molar-refractivity contribution < 1.29 is 5.11 Å². The van der Waals surface area contributed by atoms with Crippen LogP contribution >= 0.6 is 11.6 Å². The van der Waals surface area contributed by atoms with E-state index in [4.69, 9.17) is 11.6 Å². The highest BCUT2D eigenvalue weighted by Gasteiger charge is 2.17. The highest BCUT2D eigenvalue weighted by atomic mass is 35.5. The number of nitrogens with one attached hydrogen (secondary N) is 1. The van der Waals surface area contributed by atoms with E-state index in [-0.39, 0.29) is 6.10 Å². The molecule has 5 heteroatoms. The summed E-state index contributed by atoms with van der Waals surface area (Å²) < 4.78 is 0. The van der Waals surface area contributed by atoms with Gasteiger partial charge in [0.25, 0.3) is 0 Å². The molecule has 0 saturated carbocycles. The van der Waals surface area contributed by atoms with Crippen molar-refractivity contribution in [3.63, 3.8) is 0 Å². The van der Waals surface area contributed by atoms with Crippen molar-refractivity contribution in [3.8, 4) is 0 Å². The SMILES string of the molecule is OC1CCN(Cc2ccccc2CNc2ncccc2Cl)CC1. The molecule has 0 bridgehead atoms. The Kier molecular flexibility index (Phi) is 5.49. The Balaban J connectivity index is 1.65. The highest BCUT2D eigenvalue weighted by Crippen LogP contribution is 2.20. The van der Waals surface area contributed by atoms with Crippen molar-refractivity contribution in [1.82, 2.24) is 9.88 Å². The molecular formula is C18H22ClN3O. The Bertz CT molecular complexity index is 642. The van der Waals surface area contributed by atoms with Gasteiger partial charge in [0.05, 0.1) is 11.1 Å². The van der Waals surface area contributed by atoms with E-state index in [1.54, 1.807) is 6.20 Å². The van der Waals surface area contributed by atoms with Crippen molar-refractivity contribution >= 4 is 17.4 Å². The molecule has 1 saturated heterocycles. The van der Waals surface area contributed by atoms with Gasteiger partial charge in [-0.2, -0.15) is 0 Å². The van der Waals surface area contributed by atoms with Crippen molar-refractivity contribution in [2.24, 2.45) is 0 Å². The summed E-state index contributed by atoms with van der Waals surface area (Å²) in [4.78, 5) is 6.67. The molecule has 3 rings (SSSR count). The summed E-state index contributed by atoms with van der Waals surface area (Å²) in [5, 5.41) is 13.6. The number of piperidine rings is 1. The largest absolute Gasteiger partial charge is 0.393 e. The van der Waals surface area contributed by atoms with Gasteiger partial charge in [0, 0.05) is 32.4 Å². The van der Waals surface area contributed by atoms with Crippen molar-refractivity contribution in [2.75, 3.05) is 18.4 Å². The lowest BCUT2D eigenvalue weighted by atomic mass is 10.0. The lowest BCUT2D eigenvalue weighted by molar-refractivity contribution is 0.0791. The second-order valence-corrected chi connectivity index (χ2v) is 6.37. The molecule has 0 spiro atoms. The molecule has 1 aliphatic heterocycles. The van der Waals surface area contributed by atoms with Gasteiger partial charge in [-0.3, -0.25) is 4.90 Å². The Morgan fingerprint density at radius 3 is 2.61 bits per heavy atom. The van der Waals surface area contributed by atoms with E-state index in [1.807, 2.05) is 12.1 Å². The Hall–Kier alpha value is -1.62. The lowest BCUT2D eigenvalue weighted by Crippen LogP contribution is -2.35. The number of benzene rings is 1. The predicted molar refractivity (Wildman–Crippen MR) is 93.5 cm³/mol. The second kappa shape index (κ2) is 7.77. The number of aliphatic hydroxyl groups is 1. The third kappa shape index (κ3) is 4.44. The van der Waals surface area contributed by atoms with Gasteiger partial charge >= 0.3 is 0 Å². The quantitative estimate of drug-likeness (QED) is 0.882. The minimum absolute atomic E-state index is 0.130. The number of hydrogen-bond donors (Lipinski definition) is 2. The van der Waals surface area contributed by atoms with Crippen LogP contribution in [0.3, 0.4) is 0 Å². The molecule has 1 fully saturated rings. The Morgan fingerprint density at radius 2 is 1.87 bits per heavy atom. The predicted octanol–water partition coefficient (Wildman–Crippen LogP) is 3.30. The summed E-state index contributed by atoms with van der Waals surface area (Å²) in [6, 6.07) is 12.1. The summed E-state index contributed by atoms with van der Waals surface area (Å²) in [5.74, 6) is 0.713. The summed E-state index contributed by atoms with van der Waals surface area (Å²) in [6.45, 7) is 3.52. The fourth-order valence-corrected chi connectivity index (χ4v) is 3.09. The topological polar surface area (TPSA) is 48.4 Å². The van der Waals surface area contributed by atoms with Crippen LogP contribution in [0.25, 0.3) is 0 Å². The highest BCUT2D eigenvalue weighted by molar-refractivity contribution is 6.32. The van der Waals surface area contributed by atoms with Gasteiger partial charge in [-0.05, 0) is 36.1 Å². The van der Waals surface area contributed by atoms with Crippen LogP contribution in [0, 0.1) is 0 Å². The van der Waals surface area contributed by atoms with Gasteiger partial charge in [0.1, 0.15) is 5.82 Å². The maximum atomic E-state index is 9.63. The van der Waals surface area contributed by atoms with Crippen LogP contribution in [-0.2, 0) is 13.1 Å². The summed E-state index contributed by atoms with van der Waals surface area (Å²) in [6.07, 6.45) is 3.34. The molecule has 1 aromatic heterocycles. The third-order valence-corrected chi connectivity index (χ3v) is 4.58. The van der Waals surface area contributed by atoms with E-state index in [9.17, 15) is 5.11 Å². The zero-order valence-electron chi connectivity index (χ0n) is 13.1. The van der Waals surface area contributed by atoms with Crippen LogP contribution in [0.4, 0.5) is 5.82 Å². The first-order valence-corrected chi connectivity index (χ1v) is 8.42. The maximum absolute atomic E-state index is 9.63. The van der Waals surface area contributed by atoms with E-state index in [0.29, 0.717) is 17.4 Å². The normalized spacial score (nSPS) is 16.4. The molecule has 0 amide bonds. The number of pyridine rings is 1. The molecule has 0 atom stereocenters. The number of halogens is 1. The van der Waals surface area contributed by atoms with Gasteiger partial charge in [-0.1, -0.05) is 35.9 Å². The zero-order chi connectivity index (χ0) is 16.1. The number of rotatable bonds is 5. The summed E-state index contributed by atoms with van der Waals surface area (Å²) in [5.41, 5.74) is 2.56. The molecule has 1 aromatic carbocycles. The fraction of sp³-hybridized carbons (Fsp3) is 0.389. The average Bonchev–Trinajstić information content (AvgIpc) is 2.57. The first-order chi connectivity index (χ1) is 11.2. The molecule has 1 aliphatic rings. The van der Waals surface area contributed by atoms with E-state index >= 15 is 0 Å². The molecule has 0 radical (unpaired) electrons. The van der Waals surface area contributed by atoms with Gasteiger partial charge in [0.15, 0.2) is 0 Å². The number of hydrogen-bond acceptors (Lipinski definition) is 4. The molecule has 2 N–H and O–H groups in total. The third-order valence-electron chi connectivity index (χ3n) is 4.27. The van der Waals surface area contributed by atoms with E-state index < -0.39 is 0 Å². The molecule has 23 heavy (non-hydrogen) atoms. The summed E-state index contributed by atoms with van der Waals surface area (Å²) in [7, 11) is 0. The van der Waals surface area contributed by atoms with E-state index in [0.717, 1.165) is 32.5 Å². The standard InChI is InChI=1S/C18H22ClN3O/c19-17-6-3-9-20-18(17)21-12-14-4-1-2-5-15(14)13-22-10-7-16(23)8-11-22/h1-6,9,16,23H,7-8,10-13H2,(H,20,21). The minimum Gasteiger partial charge on any atom is -0.393 e. The number of aliphatic hydroxyl groups excluding tert-OH is 1. The smallest absolute Gasteiger partial charge is 0.145 e. The lowest BCUT2D eigenvalue weighted by Gasteiger charge is -2.30. The first-order valence-electron chi connectivity index (χ1n) is 8.04. The van der Waals surface area contributed by atoms with Gasteiger partial charge in [0.2, 0.25) is 0 Å². The fourth-order valence-electron chi connectivity index (χ4n) is 2.90.